The van der Waals surface area contributed by atoms with Crippen molar-refractivity contribution in [1.29, 1.82) is 5.26 Å². The first-order valence-corrected chi connectivity index (χ1v) is 9.10. The van der Waals surface area contributed by atoms with Gasteiger partial charge in [0.05, 0.1) is 17.2 Å². The zero-order valence-corrected chi connectivity index (χ0v) is 14.8. The van der Waals surface area contributed by atoms with Gasteiger partial charge < -0.3 is 10.0 Å². The highest BCUT2D eigenvalue weighted by Gasteiger charge is 2.40. The van der Waals surface area contributed by atoms with Gasteiger partial charge in [0.15, 0.2) is 0 Å². The molecule has 0 aromatic carbocycles. The van der Waals surface area contributed by atoms with Crippen molar-refractivity contribution < 1.29 is 9.90 Å². The van der Waals surface area contributed by atoms with Gasteiger partial charge in [-0.05, 0) is 56.7 Å². The van der Waals surface area contributed by atoms with Crippen LogP contribution in [0.1, 0.15) is 43.4 Å². The standard InChI is InChI=1S/C19H26N4O2/c1-15-5-8-21-17(13-15)19(14-20)6-3-16(4-7-19)22-9-2-10-23(12-11-22)18(24)25/h5,8,13,16H,2-4,6-7,9-12H2,1H3,(H,24,25). The van der Waals surface area contributed by atoms with Crippen molar-refractivity contribution in [3.8, 4) is 6.07 Å². The average Bonchev–Trinajstić information content (AvgIpc) is 2.88. The van der Waals surface area contributed by atoms with Crippen LogP contribution in [0.2, 0.25) is 0 Å². The molecule has 6 heteroatoms. The molecule has 1 aliphatic heterocycles. The van der Waals surface area contributed by atoms with E-state index in [0.717, 1.165) is 56.5 Å². The van der Waals surface area contributed by atoms with E-state index in [9.17, 15) is 15.2 Å². The highest BCUT2D eigenvalue weighted by atomic mass is 16.4. The number of hydrogen-bond acceptors (Lipinski definition) is 4. The number of aryl methyl sites for hydroxylation is 1. The van der Waals surface area contributed by atoms with Gasteiger partial charge in [0.2, 0.25) is 0 Å². The van der Waals surface area contributed by atoms with Crippen molar-refractivity contribution in [2.45, 2.75) is 50.5 Å². The molecule has 1 amide bonds. The maximum absolute atomic E-state index is 11.2. The van der Waals surface area contributed by atoms with Gasteiger partial charge >= 0.3 is 6.09 Å². The third-order valence-corrected chi connectivity index (χ3v) is 5.75. The molecular formula is C19H26N4O2. The van der Waals surface area contributed by atoms with Crippen LogP contribution in [0, 0.1) is 18.3 Å². The van der Waals surface area contributed by atoms with E-state index in [2.05, 4.69) is 16.0 Å². The molecule has 1 saturated carbocycles. The molecule has 2 heterocycles. The van der Waals surface area contributed by atoms with E-state index in [1.54, 1.807) is 6.20 Å². The number of aromatic nitrogens is 1. The molecule has 0 radical (unpaired) electrons. The molecule has 25 heavy (non-hydrogen) atoms. The average molecular weight is 342 g/mol. The first-order valence-electron chi connectivity index (χ1n) is 9.10. The van der Waals surface area contributed by atoms with Gasteiger partial charge in [-0.2, -0.15) is 5.26 Å². The summed E-state index contributed by atoms with van der Waals surface area (Å²) in [5.41, 5.74) is 1.57. The van der Waals surface area contributed by atoms with Crippen LogP contribution in [-0.4, -0.2) is 58.2 Å². The Labute approximate surface area is 149 Å². The molecule has 1 aromatic heterocycles. The number of pyridine rings is 1. The van der Waals surface area contributed by atoms with Crippen LogP contribution in [0.5, 0.6) is 0 Å². The summed E-state index contributed by atoms with van der Waals surface area (Å²) in [7, 11) is 0. The Morgan fingerprint density at radius 2 is 2.08 bits per heavy atom. The maximum Gasteiger partial charge on any atom is 0.407 e. The van der Waals surface area contributed by atoms with Crippen LogP contribution in [0.25, 0.3) is 0 Å². The van der Waals surface area contributed by atoms with Crippen LogP contribution < -0.4 is 0 Å². The van der Waals surface area contributed by atoms with Crippen LogP contribution in [0.15, 0.2) is 18.3 Å². The highest BCUT2D eigenvalue weighted by Crippen LogP contribution is 2.39. The number of carbonyl (C=O) groups is 1. The lowest BCUT2D eigenvalue weighted by Crippen LogP contribution is -2.44. The second kappa shape index (κ2) is 7.40. The third-order valence-electron chi connectivity index (χ3n) is 5.75. The van der Waals surface area contributed by atoms with E-state index in [4.69, 9.17) is 0 Å². The summed E-state index contributed by atoms with van der Waals surface area (Å²) in [6.07, 6.45) is 5.44. The van der Waals surface area contributed by atoms with E-state index in [1.807, 2.05) is 19.1 Å². The molecule has 2 aliphatic rings. The fourth-order valence-electron chi connectivity index (χ4n) is 4.18. The number of nitrogens with zero attached hydrogens (tertiary/aromatic N) is 4. The predicted molar refractivity (Wildman–Crippen MR) is 94.3 cm³/mol. The molecule has 134 valence electrons. The Kier molecular flexibility index (Phi) is 5.24. The van der Waals surface area contributed by atoms with Gasteiger partial charge in [-0.15, -0.1) is 0 Å². The number of carboxylic acid groups (broad SMARTS) is 1. The second-order valence-corrected chi connectivity index (χ2v) is 7.30. The first-order chi connectivity index (χ1) is 12.0. The smallest absolute Gasteiger partial charge is 0.407 e. The molecule has 1 N–H and O–H groups in total. The summed E-state index contributed by atoms with van der Waals surface area (Å²) >= 11 is 0. The minimum atomic E-state index is -0.820. The number of nitriles is 1. The lowest BCUT2D eigenvalue weighted by Gasteiger charge is -2.39. The van der Waals surface area contributed by atoms with E-state index in [-0.39, 0.29) is 0 Å². The number of amides is 1. The molecule has 1 saturated heterocycles. The third kappa shape index (κ3) is 3.77. The van der Waals surface area contributed by atoms with E-state index < -0.39 is 11.5 Å². The highest BCUT2D eigenvalue weighted by molar-refractivity contribution is 5.64. The van der Waals surface area contributed by atoms with Crippen LogP contribution >= 0.6 is 0 Å². The molecule has 0 atom stereocenters. The van der Waals surface area contributed by atoms with Crippen molar-refractivity contribution in [3.63, 3.8) is 0 Å². The van der Waals surface area contributed by atoms with Gasteiger partial charge in [-0.1, -0.05) is 0 Å². The van der Waals surface area contributed by atoms with Gasteiger partial charge in [-0.3, -0.25) is 9.88 Å². The number of rotatable bonds is 2. The summed E-state index contributed by atoms with van der Waals surface area (Å²) in [4.78, 5) is 19.6. The van der Waals surface area contributed by atoms with Gasteiger partial charge in [0.1, 0.15) is 0 Å². The molecule has 6 nitrogen and oxygen atoms in total. The molecule has 1 aliphatic carbocycles. The van der Waals surface area contributed by atoms with Crippen molar-refractivity contribution >= 4 is 6.09 Å². The summed E-state index contributed by atoms with van der Waals surface area (Å²) in [6.45, 7) is 4.96. The van der Waals surface area contributed by atoms with Crippen molar-refractivity contribution in [2.75, 3.05) is 26.2 Å². The van der Waals surface area contributed by atoms with E-state index >= 15 is 0 Å². The van der Waals surface area contributed by atoms with Gasteiger partial charge in [-0.25, -0.2) is 4.79 Å². The summed E-state index contributed by atoms with van der Waals surface area (Å²) < 4.78 is 0. The normalized spacial score (nSPS) is 28.2. The van der Waals surface area contributed by atoms with Crippen molar-refractivity contribution in [2.24, 2.45) is 0 Å². The SMILES string of the molecule is Cc1ccnc(C2(C#N)CCC(N3CCCN(C(=O)O)CC3)CC2)c1. The lowest BCUT2D eigenvalue weighted by atomic mass is 9.70. The minimum Gasteiger partial charge on any atom is -0.465 e. The Bertz CT molecular complexity index is 662. The summed E-state index contributed by atoms with van der Waals surface area (Å²) in [5, 5.41) is 19.0. The van der Waals surface area contributed by atoms with Gasteiger partial charge in [0, 0.05) is 38.4 Å². The van der Waals surface area contributed by atoms with Crippen LogP contribution in [0.4, 0.5) is 4.79 Å². The van der Waals surface area contributed by atoms with E-state index in [0.29, 0.717) is 19.1 Å². The summed E-state index contributed by atoms with van der Waals surface area (Å²) in [6, 6.07) is 7.00. The second-order valence-electron chi connectivity index (χ2n) is 7.30. The molecule has 2 fully saturated rings. The summed E-state index contributed by atoms with van der Waals surface area (Å²) in [5.74, 6) is 0. The lowest BCUT2D eigenvalue weighted by molar-refractivity contribution is 0.130. The number of hydrogen-bond donors (Lipinski definition) is 1. The first kappa shape index (κ1) is 17.7. The Morgan fingerprint density at radius 3 is 2.72 bits per heavy atom. The minimum absolute atomic E-state index is 0.444. The van der Waals surface area contributed by atoms with Crippen molar-refractivity contribution in [1.82, 2.24) is 14.8 Å². The molecule has 0 spiro atoms. The monoisotopic (exact) mass is 342 g/mol. The quantitative estimate of drug-likeness (QED) is 0.894. The molecule has 0 unspecified atom stereocenters. The topological polar surface area (TPSA) is 80.5 Å². The Balaban J connectivity index is 1.65. The Morgan fingerprint density at radius 1 is 1.32 bits per heavy atom. The van der Waals surface area contributed by atoms with Crippen molar-refractivity contribution in [3.05, 3.63) is 29.6 Å². The largest absolute Gasteiger partial charge is 0.465 e. The zero-order chi connectivity index (χ0) is 17.9. The molecule has 1 aromatic rings. The molecule has 3 rings (SSSR count). The predicted octanol–water partition coefficient (Wildman–Crippen LogP) is 2.78. The zero-order valence-electron chi connectivity index (χ0n) is 14.8. The van der Waals surface area contributed by atoms with Crippen LogP contribution in [-0.2, 0) is 5.41 Å². The fraction of sp³-hybridized carbons (Fsp3) is 0.632. The van der Waals surface area contributed by atoms with Crippen LogP contribution in [0.3, 0.4) is 0 Å². The molecular weight excluding hydrogens is 316 g/mol. The molecule has 0 bridgehead atoms. The Hall–Kier alpha value is -2.13. The van der Waals surface area contributed by atoms with E-state index in [1.165, 1.54) is 4.90 Å². The fourth-order valence-corrected chi connectivity index (χ4v) is 4.18. The maximum atomic E-state index is 11.2. The van der Waals surface area contributed by atoms with Gasteiger partial charge in [0.25, 0.3) is 0 Å².